The lowest BCUT2D eigenvalue weighted by molar-refractivity contribution is -0.137. The first kappa shape index (κ1) is 11.8. The standard InChI is InChI=1S/C11H9F3N2O/c12-11(13,14)8-2-1-7-6-15-10(3-4-17)16-9(7)5-8/h1-2,5-6,17H,3-4H2. The zero-order valence-electron chi connectivity index (χ0n) is 8.70. The Hall–Kier alpha value is -1.69. The van der Waals surface area contributed by atoms with E-state index >= 15 is 0 Å². The third-order valence-corrected chi connectivity index (χ3v) is 2.30. The molecule has 1 N–H and O–H groups in total. The molecule has 0 saturated carbocycles. The number of rotatable bonds is 2. The van der Waals surface area contributed by atoms with Crippen molar-refractivity contribution in [2.24, 2.45) is 0 Å². The van der Waals surface area contributed by atoms with Gasteiger partial charge >= 0.3 is 6.18 Å². The van der Waals surface area contributed by atoms with Crippen LogP contribution < -0.4 is 0 Å². The van der Waals surface area contributed by atoms with Crippen molar-refractivity contribution in [3.05, 3.63) is 35.8 Å². The van der Waals surface area contributed by atoms with Crippen LogP contribution in [0.1, 0.15) is 11.4 Å². The summed E-state index contributed by atoms with van der Waals surface area (Å²) >= 11 is 0. The number of hydrogen-bond donors (Lipinski definition) is 1. The number of fused-ring (bicyclic) bond motifs is 1. The molecule has 0 atom stereocenters. The third-order valence-electron chi connectivity index (χ3n) is 2.30. The average Bonchev–Trinajstić information content (AvgIpc) is 2.27. The molecule has 0 amide bonds. The molecule has 2 rings (SSSR count). The molecule has 0 aliphatic carbocycles. The van der Waals surface area contributed by atoms with E-state index in [9.17, 15) is 13.2 Å². The Labute approximate surface area is 94.9 Å². The number of aromatic nitrogens is 2. The highest BCUT2D eigenvalue weighted by Gasteiger charge is 2.30. The molecule has 2 aromatic rings. The molecule has 0 spiro atoms. The second kappa shape index (κ2) is 4.29. The van der Waals surface area contributed by atoms with Gasteiger partial charge in [-0.05, 0) is 12.1 Å². The Morgan fingerprint density at radius 2 is 2.00 bits per heavy atom. The summed E-state index contributed by atoms with van der Waals surface area (Å²) in [6, 6.07) is 3.32. The molecule has 1 aromatic heterocycles. The molecule has 0 fully saturated rings. The Bertz CT molecular complexity index is 540. The van der Waals surface area contributed by atoms with Gasteiger partial charge in [-0.25, -0.2) is 9.97 Å². The number of nitrogens with zero attached hydrogens (tertiary/aromatic N) is 2. The van der Waals surface area contributed by atoms with Gasteiger partial charge in [-0.1, -0.05) is 6.07 Å². The molecule has 0 unspecified atom stereocenters. The van der Waals surface area contributed by atoms with E-state index in [2.05, 4.69) is 9.97 Å². The monoisotopic (exact) mass is 242 g/mol. The molecule has 3 nitrogen and oxygen atoms in total. The first-order chi connectivity index (χ1) is 8.00. The zero-order chi connectivity index (χ0) is 12.5. The van der Waals surface area contributed by atoms with Crippen molar-refractivity contribution in [3.63, 3.8) is 0 Å². The fourth-order valence-corrected chi connectivity index (χ4v) is 1.46. The second-order valence-electron chi connectivity index (χ2n) is 3.53. The van der Waals surface area contributed by atoms with Crippen molar-refractivity contribution < 1.29 is 18.3 Å². The van der Waals surface area contributed by atoms with Crippen LogP contribution in [-0.2, 0) is 12.6 Å². The van der Waals surface area contributed by atoms with E-state index in [1.165, 1.54) is 12.3 Å². The SMILES string of the molecule is OCCc1ncc2ccc(C(F)(F)F)cc2n1. The van der Waals surface area contributed by atoms with E-state index in [-0.39, 0.29) is 18.5 Å². The number of aliphatic hydroxyl groups excluding tert-OH is 1. The van der Waals surface area contributed by atoms with Gasteiger partial charge in [0.2, 0.25) is 0 Å². The van der Waals surface area contributed by atoms with Crippen molar-refractivity contribution in [1.29, 1.82) is 0 Å². The van der Waals surface area contributed by atoms with Crippen molar-refractivity contribution in [2.45, 2.75) is 12.6 Å². The van der Waals surface area contributed by atoms with Gasteiger partial charge in [-0.3, -0.25) is 0 Å². The number of hydrogen-bond acceptors (Lipinski definition) is 3. The van der Waals surface area contributed by atoms with Gasteiger partial charge in [-0.15, -0.1) is 0 Å². The molecular formula is C11H9F3N2O. The first-order valence-corrected chi connectivity index (χ1v) is 4.94. The lowest BCUT2D eigenvalue weighted by Gasteiger charge is -2.07. The highest BCUT2D eigenvalue weighted by Crippen LogP contribution is 2.30. The minimum atomic E-state index is -4.38. The zero-order valence-corrected chi connectivity index (χ0v) is 8.70. The summed E-state index contributed by atoms with van der Waals surface area (Å²) < 4.78 is 37.4. The second-order valence-corrected chi connectivity index (χ2v) is 3.53. The summed E-state index contributed by atoms with van der Waals surface area (Å²) in [6.45, 7) is -0.134. The van der Waals surface area contributed by atoms with E-state index in [0.29, 0.717) is 11.2 Å². The first-order valence-electron chi connectivity index (χ1n) is 4.94. The van der Waals surface area contributed by atoms with Crippen molar-refractivity contribution in [2.75, 3.05) is 6.61 Å². The largest absolute Gasteiger partial charge is 0.416 e. The van der Waals surface area contributed by atoms with Gasteiger partial charge in [0.1, 0.15) is 5.82 Å². The van der Waals surface area contributed by atoms with Crippen LogP contribution in [-0.4, -0.2) is 21.7 Å². The van der Waals surface area contributed by atoms with Crippen molar-refractivity contribution >= 4 is 10.9 Å². The Morgan fingerprint density at radius 3 is 2.65 bits per heavy atom. The maximum absolute atomic E-state index is 12.5. The highest BCUT2D eigenvalue weighted by atomic mass is 19.4. The average molecular weight is 242 g/mol. The Kier molecular flexibility index (Phi) is 2.97. The van der Waals surface area contributed by atoms with Crippen LogP contribution in [0.15, 0.2) is 24.4 Å². The van der Waals surface area contributed by atoms with E-state index in [1.54, 1.807) is 0 Å². The topological polar surface area (TPSA) is 46.0 Å². The van der Waals surface area contributed by atoms with Crippen LogP contribution in [0, 0.1) is 0 Å². The van der Waals surface area contributed by atoms with Gasteiger partial charge in [0.15, 0.2) is 0 Å². The van der Waals surface area contributed by atoms with Crippen LogP contribution in [0.25, 0.3) is 10.9 Å². The fraction of sp³-hybridized carbons (Fsp3) is 0.273. The van der Waals surface area contributed by atoms with E-state index in [0.717, 1.165) is 12.1 Å². The molecule has 0 aliphatic heterocycles. The molecule has 1 heterocycles. The summed E-state index contributed by atoms with van der Waals surface area (Å²) in [4.78, 5) is 7.90. The molecule has 0 aliphatic rings. The van der Waals surface area contributed by atoms with Gasteiger partial charge in [-0.2, -0.15) is 13.2 Å². The predicted molar refractivity (Wildman–Crippen MR) is 55.3 cm³/mol. The summed E-state index contributed by atoms with van der Waals surface area (Å²) in [5.41, 5.74) is -0.503. The van der Waals surface area contributed by atoms with Gasteiger partial charge in [0, 0.05) is 18.0 Å². The summed E-state index contributed by atoms with van der Waals surface area (Å²) in [7, 11) is 0. The summed E-state index contributed by atoms with van der Waals surface area (Å²) in [5.74, 6) is 0.333. The van der Waals surface area contributed by atoms with Crippen molar-refractivity contribution in [3.8, 4) is 0 Å². The Balaban J connectivity index is 2.51. The molecule has 1 aromatic carbocycles. The highest BCUT2D eigenvalue weighted by molar-refractivity contribution is 5.78. The number of aliphatic hydroxyl groups is 1. The number of halogens is 3. The van der Waals surface area contributed by atoms with Crippen LogP contribution in [0.4, 0.5) is 13.2 Å². The molecule has 90 valence electrons. The molecule has 0 radical (unpaired) electrons. The molecular weight excluding hydrogens is 233 g/mol. The van der Waals surface area contributed by atoms with Gasteiger partial charge < -0.3 is 5.11 Å². The molecule has 0 bridgehead atoms. The van der Waals surface area contributed by atoms with E-state index in [4.69, 9.17) is 5.11 Å². The van der Waals surface area contributed by atoms with E-state index < -0.39 is 11.7 Å². The minimum absolute atomic E-state index is 0.134. The normalized spacial score (nSPS) is 12.0. The van der Waals surface area contributed by atoms with Crippen LogP contribution in [0.3, 0.4) is 0 Å². The van der Waals surface area contributed by atoms with Crippen molar-refractivity contribution in [1.82, 2.24) is 9.97 Å². The van der Waals surface area contributed by atoms with E-state index in [1.807, 2.05) is 0 Å². The lowest BCUT2D eigenvalue weighted by atomic mass is 10.1. The lowest BCUT2D eigenvalue weighted by Crippen LogP contribution is -2.05. The van der Waals surface area contributed by atoms with Gasteiger partial charge in [0.25, 0.3) is 0 Å². The van der Waals surface area contributed by atoms with Crippen LogP contribution >= 0.6 is 0 Å². The van der Waals surface area contributed by atoms with Crippen LogP contribution in [0.2, 0.25) is 0 Å². The smallest absolute Gasteiger partial charge is 0.396 e. The number of alkyl halides is 3. The quantitative estimate of drug-likeness (QED) is 0.877. The minimum Gasteiger partial charge on any atom is -0.396 e. The third kappa shape index (κ3) is 2.52. The molecule has 6 heteroatoms. The summed E-state index contributed by atoms with van der Waals surface area (Å²) in [5, 5.41) is 9.26. The maximum Gasteiger partial charge on any atom is 0.416 e. The molecule has 0 saturated heterocycles. The predicted octanol–water partition coefficient (Wildman–Crippen LogP) is 2.18. The fourth-order valence-electron chi connectivity index (χ4n) is 1.46. The van der Waals surface area contributed by atoms with Gasteiger partial charge in [0.05, 0.1) is 17.7 Å². The maximum atomic E-state index is 12.5. The number of benzene rings is 1. The summed E-state index contributed by atoms with van der Waals surface area (Å²) in [6.07, 6.45) is -2.70. The molecule has 17 heavy (non-hydrogen) atoms. The Morgan fingerprint density at radius 1 is 1.24 bits per heavy atom. The van der Waals surface area contributed by atoms with Crippen LogP contribution in [0.5, 0.6) is 0 Å².